The van der Waals surface area contributed by atoms with Crippen LogP contribution in [0.3, 0.4) is 0 Å². The highest BCUT2D eigenvalue weighted by atomic mass is 16.5. The Morgan fingerprint density at radius 2 is 1.69 bits per heavy atom. The number of hydrogen-bond donors (Lipinski definition) is 1. The number of hydrogen-bond acceptors (Lipinski definition) is 5. The second-order valence-electron chi connectivity index (χ2n) is 8.99. The van der Waals surface area contributed by atoms with Gasteiger partial charge in [-0.15, -0.1) is 0 Å². The number of amides is 2. The van der Waals surface area contributed by atoms with Crippen molar-refractivity contribution in [3.63, 3.8) is 0 Å². The van der Waals surface area contributed by atoms with Crippen molar-refractivity contribution in [2.75, 3.05) is 26.1 Å². The van der Waals surface area contributed by atoms with Gasteiger partial charge in [0, 0.05) is 30.3 Å². The summed E-state index contributed by atoms with van der Waals surface area (Å²) < 4.78 is 12.6. The molecular weight excluding hydrogens is 444 g/mol. The largest absolute Gasteiger partial charge is 0.493 e. The van der Waals surface area contributed by atoms with Crippen molar-refractivity contribution in [3.05, 3.63) is 54.7 Å². The van der Waals surface area contributed by atoms with Gasteiger partial charge in [0.05, 0.1) is 25.6 Å². The first kappa shape index (κ1) is 25.8. The van der Waals surface area contributed by atoms with E-state index in [1.54, 1.807) is 29.8 Å². The number of nitrogens with zero attached hydrogens (tertiary/aromatic N) is 3. The van der Waals surface area contributed by atoms with Gasteiger partial charge >= 0.3 is 0 Å². The van der Waals surface area contributed by atoms with Crippen LogP contribution in [0.5, 0.6) is 11.5 Å². The van der Waals surface area contributed by atoms with Crippen LogP contribution in [0.2, 0.25) is 0 Å². The van der Waals surface area contributed by atoms with Crippen LogP contribution in [-0.4, -0.2) is 53.1 Å². The highest BCUT2D eigenvalue weighted by Gasteiger charge is 2.22. The van der Waals surface area contributed by atoms with Gasteiger partial charge in [-0.25, -0.2) is 4.98 Å². The molecule has 8 nitrogen and oxygen atoms in total. The van der Waals surface area contributed by atoms with Crippen LogP contribution in [0.15, 0.2) is 54.7 Å². The number of nitrogens with one attached hydrogen (secondary N) is 1. The molecule has 8 heteroatoms. The van der Waals surface area contributed by atoms with Crippen molar-refractivity contribution < 1.29 is 19.1 Å². The molecular formula is C27H34N4O4. The summed E-state index contributed by atoms with van der Waals surface area (Å²) in [5, 5.41) is 2.91. The number of imidazole rings is 1. The molecule has 1 heterocycles. The number of methoxy groups -OCH3 is 2. The van der Waals surface area contributed by atoms with E-state index in [2.05, 4.69) is 5.32 Å². The monoisotopic (exact) mass is 478 g/mol. The van der Waals surface area contributed by atoms with Gasteiger partial charge in [-0.2, -0.15) is 0 Å². The number of anilines is 1. The molecule has 186 valence electrons. The molecule has 0 saturated heterocycles. The summed E-state index contributed by atoms with van der Waals surface area (Å²) in [6, 6.07) is 15.1. The summed E-state index contributed by atoms with van der Waals surface area (Å²) in [7, 11) is 3.15. The summed E-state index contributed by atoms with van der Waals surface area (Å²) in [5.74, 6) is 1.36. The molecule has 0 radical (unpaired) electrons. The fourth-order valence-electron chi connectivity index (χ4n) is 3.73. The molecule has 0 spiro atoms. The number of carbonyl (C=O) groups is 2. The van der Waals surface area contributed by atoms with Crippen molar-refractivity contribution in [2.45, 2.75) is 40.2 Å². The number of ether oxygens (including phenoxy) is 2. The van der Waals surface area contributed by atoms with Crippen LogP contribution in [0, 0.1) is 5.92 Å². The molecule has 0 aliphatic rings. The maximum Gasteiger partial charge on any atom is 0.246 e. The SMILES string of the molecule is COc1ccc(-n2cc(-c3ccccc3)nc2NC(=O)CN(C(=O)CC(C)C)C(C)C)cc1OC. The smallest absolute Gasteiger partial charge is 0.246 e. The third-order valence-electron chi connectivity index (χ3n) is 5.51. The molecule has 35 heavy (non-hydrogen) atoms. The zero-order valence-corrected chi connectivity index (χ0v) is 21.2. The maximum atomic E-state index is 13.1. The molecule has 0 atom stereocenters. The zero-order valence-electron chi connectivity index (χ0n) is 21.2. The van der Waals surface area contributed by atoms with Gasteiger partial charge in [0.2, 0.25) is 17.8 Å². The fourth-order valence-corrected chi connectivity index (χ4v) is 3.73. The number of rotatable bonds is 10. The molecule has 2 aromatic carbocycles. The third kappa shape index (κ3) is 6.41. The van der Waals surface area contributed by atoms with Crippen LogP contribution in [0.1, 0.15) is 34.1 Å². The topological polar surface area (TPSA) is 85.7 Å². The molecule has 0 unspecified atom stereocenters. The van der Waals surface area contributed by atoms with E-state index in [-0.39, 0.29) is 30.3 Å². The second-order valence-corrected chi connectivity index (χ2v) is 8.99. The van der Waals surface area contributed by atoms with Crippen molar-refractivity contribution in [2.24, 2.45) is 5.92 Å². The van der Waals surface area contributed by atoms with Gasteiger partial charge in [0.1, 0.15) is 6.54 Å². The molecule has 1 N–H and O–H groups in total. The van der Waals surface area contributed by atoms with Gasteiger partial charge in [0.25, 0.3) is 0 Å². The van der Waals surface area contributed by atoms with E-state index in [4.69, 9.17) is 14.5 Å². The molecule has 0 bridgehead atoms. The summed E-state index contributed by atoms with van der Waals surface area (Å²) in [5.41, 5.74) is 2.36. The molecule has 2 amide bonds. The quantitative estimate of drug-likeness (QED) is 0.453. The highest BCUT2D eigenvalue weighted by Crippen LogP contribution is 2.31. The van der Waals surface area contributed by atoms with Crippen molar-refractivity contribution in [3.8, 4) is 28.4 Å². The lowest BCUT2D eigenvalue weighted by atomic mass is 10.1. The van der Waals surface area contributed by atoms with Gasteiger partial charge < -0.3 is 14.4 Å². The Balaban J connectivity index is 1.95. The van der Waals surface area contributed by atoms with Crippen molar-refractivity contribution in [1.29, 1.82) is 0 Å². The molecule has 3 rings (SSSR count). The Kier molecular flexibility index (Phi) is 8.52. The van der Waals surface area contributed by atoms with E-state index in [1.807, 2.05) is 76.4 Å². The predicted octanol–water partition coefficient (Wildman–Crippen LogP) is 4.78. The minimum absolute atomic E-state index is 0.0432. The number of carbonyl (C=O) groups excluding carboxylic acids is 2. The molecule has 1 aromatic heterocycles. The van der Waals surface area contributed by atoms with E-state index in [0.717, 1.165) is 11.3 Å². The first-order chi connectivity index (χ1) is 16.7. The van der Waals surface area contributed by atoms with Gasteiger partial charge in [-0.1, -0.05) is 44.2 Å². The first-order valence-corrected chi connectivity index (χ1v) is 11.7. The predicted molar refractivity (Wildman–Crippen MR) is 137 cm³/mol. The lowest BCUT2D eigenvalue weighted by Gasteiger charge is -2.27. The highest BCUT2D eigenvalue weighted by molar-refractivity contribution is 5.94. The van der Waals surface area contributed by atoms with E-state index in [9.17, 15) is 9.59 Å². The Hall–Kier alpha value is -3.81. The Morgan fingerprint density at radius 1 is 1.00 bits per heavy atom. The fraction of sp³-hybridized carbons (Fsp3) is 0.370. The minimum atomic E-state index is -0.317. The number of benzene rings is 2. The Bertz CT molecular complexity index is 1160. The average molecular weight is 479 g/mol. The van der Waals surface area contributed by atoms with Gasteiger partial charge in [-0.05, 0) is 31.9 Å². The normalized spacial score (nSPS) is 11.0. The van der Waals surface area contributed by atoms with Crippen LogP contribution >= 0.6 is 0 Å². The molecule has 0 saturated carbocycles. The van der Waals surface area contributed by atoms with Crippen LogP contribution in [0.25, 0.3) is 16.9 Å². The first-order valence-electron chi connectivity index (χ1n) is 11.7. The Labute approximate surface area is 206 Å². The van der Waals surface area contributed by atoms with E-state index in [1.165, 1.54) is 0 Å². The number of aromatic nitrogens is 2. The van der Waals surface area contributed by atoms with Gasteiger partial charge in [-0.3, -0.25) is 19.5 Å². The molecule has 0 aliphatic carbocycles. The average Bonchev–Trinajstić information content (AvgIpc) is 3.25. The molecule has 0 fully saturated rings. The summed E-state index contributed by atoms with van der Waals surface area (Å²) in [6.45, 7) is 7.74. The van der Waals surface area contributed by atoms with Crippen LogP contribution in [-0.2, 0) is 9.59 Å². The lowest BCUT2D eigenvalue weighted by molar-refractivity contribution is -0.137. The van der Waals surface area contributed by atoms with Crippen molar-refractivity contribution in [1.82, 2.24) is 14.5 Å². The van der Waals surface area contributed by atoms with E-state index >= 15 is 0 Å². The molecule has 3 aromatic rings. The van der Waals surface area contributed by atoms with E-state index in [0.29, 0.717) is 29.6 Å². The zero-order chi connectivity index (χ0) is 25.5. The standard InChI is InChI=1S/C27H34N4O4/c1-18(2)14-26(33)30(19(3)4)17-25(32)29-27-28-22(20-10-8-7-9-11-20)16-31(27)21-12-13-23(34-5)24(15-21)35-6/h7-13,15-16,18-19H,14,17H2,1-6H3,(H,28,29,32). The summed E-state index contributed by atoms with van der Waals surface area (Å²) in [6.07, 6.45) is 2.25. The van der Waals surface area contributed by atoms with Gasteiger partial charge in [0.15, 0.2) is 11.5 Å². The Morgan fingerprint density at radius 3 is 2.29 bits per heavy atom. The summed E-state index contributed by atoms with van der Waals surface area (Å²) in [4.78, 5) is 32.0. The van der Waals surface area contributed by atoms with Crippen molar-refractivity contribution >= 4 is 17.8 Å². The van der Waals surface area contributed by atoms with Crippen LogP contribution in [0.4, 0.5) is 5.95 Å². The maximum absolute atomic E-state index is 13.1. The second kappa shape index (κ2) is 11.6. The minimum Gasteiger partial charge on any atom is -0.493 e. The molecule has 0 aliphatic heterocycles. The lowest BCUT2D eigenvalue weighted by Crippen LogP contribution is -2.43. The summed E-state index contributed by atoms with van der Waals surface area (Å²) >= 11 is 0. The third-order valence-corrected chi connectivity index (χ3v) is 5.51. The van der Waals surface area contributed by atoms with E-state index < -0.39 is 0 Å². The van der Waals surface area contributed by atoms with Crippen LogP contribution < -0.4 is 14.8 Å².